The molecule has 1 aliphatic heterocycles. The molecule has 0 saturated carbocycles. The van der Waals surface area contributed by atoms with Crippen molar-refractivity contribution in [1.29, 1.82) is 0 Å². The Hall–Kier alpha value is -4.55. The molecule has 1 heterocycles. The molecule has 1 aliphatic rings. The molecule has 0 aromatic heterocycles. The second-order valence-corrected chi connectivity index (χ2v) is 10.5. The Kier molecular flexibility index (Phi) is 9.02. The van der Waals surface area contributed by atoms with Crippen LogP contribution < -0.4 is 5.32 Å². The van der Waals surface area contributed by atoms with E-state index in [2.05, 4.69) is 22.3 Å². The molecule has 0 bridgehead atoms. The van der Waals surface area contributed by atoms with Gasteiger partial charge in [0.2, 0.25) is 5.91 Å². The van der Waals surface area contributed by atoms with Crippen LogP contribution in [-0.4, -0.2) is 46.2 Å². The molecular formula is C35H35N3O3. The number of anilines is 1. The quantitative estimate of drug-likeness (QED) is 0.235. The van der Waals surface area contributed by atoms with Gasteiger partial charge in [0.15, 0.2) is 6.04 Å². The minimum absolute atomic E-state index is 0.0620. The number of benzene rings is 4. The highest BCUT2D eigenvalue weighted by Gasteiger charge is 2.31. The van der Waals surface area contributed by atoms with E-state index in [1.165, 1.54) is 5.56 Å². The highest BCUT2D eigenvalue weighted by atomic mass is 16.4. The van der Waals surface area contributed by atoms with Crippen molar-refractivity contribution in [3.8, 4) is 0 Å². The summed E-state index contributed by atoms with van der Waals surface area (Å²) in [5.41, 5.74) is 5.78. The van der Waals surface area contributed by atoms with Crippen molar-refractivity contribution >= 4 is 23.3 Å². The van der Waals surface area contributed by atoms with Crippen LogP contribution >= 0.6 is 0 Å². The molecular weight excluding hydrogens is 510 g/mol. The first kappa shape index (κ1) is 28.0. The number of carbonyl (C=O) groups excluding carboxylic acids is 1. The largest absolute Gasteiger partial charge is 0.480 e. The fraction of sp³-hybridized carbons (Fsp3) is 0.229. The van der Waals surface area contributed by atoms with E-state index in [9.17, 15) is 14.7 Å². The first-order chi connectivity index (χ1) is 20.0. The van der Waals surface area contributed by atoms with Crippen LogP contribution in [0.4, 0.5) is 5.69 Å². The van der Waals surface area contributed by atoms with Crippen LogP contribution in [0.15, 0.2) is 114 Å². The smallest absolute Gasteiger partial charge is 0.328 e. The van der Waals surface area contributed by atoms with Crippen LogP contribution in [0.1, 0.15) is 40.7 Å². The van der Waals surface area contributed by atoms with Gasteiger partial charge in [0.25, 0.3) is 0 Å². The summed E-state index contributed by atoms with van der Waals surface area (Å²) < 4.78 is 0. The first-order valence-corrected chi connectivity index (χ1v) is 14.1. The van der Waals surface area contributed by atoms with E-state index in [0.717, 1.165) is 42.6 Å². The highest BCUT2D eigenvalue weighted by Crippen LogP contribution is 2.25. The molecule has 41 heavy (non-hydrogen) atoms. The van der Waals surface area contributed by atoms with Gasteiger partial charge in [0.05, 0.1) is 17.4 Å². The molecule has 208 valence electrons. The average molecular weight is 546 g/mol. The van der Waals surface area contributed by atoms with E-state index in [1.54, 1.807) is 0 Å². The van der Waals surface area contributed by atoms with Gasteiger partial charge >= 0.3 is 5.97 Å². The summed E-state index contributed by atoms with van der Waals surface area (Å²) in [5.74, 6) is -1.06. The van der Waals surface area contributed by atoms with E-state index in [-0.39, 0.29) is 18.4 Å². The molecule has 4 aromatic carbocycles. The molecule has 5 rings (SSSR count). The SMILES string of the molecule is Cc1ccccc1C[C@H](N=C(c1ccccc1)c1ccccc1NC(=O)[C@@H]1CCCN1Cc1ccccc1)C(=O)O. The van der Waals surface area contributed by atoms with Crippen molar-refractivity contribution in [3.05, 3.63) is 137 Å². The maximum atomic E-state index is 13.6. The van der Waals surface area contributed by atoms with Crippen LogP contribution in [0.5, 0.6) is 0 Å². The normalized spacial score (nSPS) is 16.3. The second-order valence-electron chi connectivity index (χ2n) is 10.5. The number of likely N-dealkylation sites (tertiary alicyclic amines) is 1. The topological polar surface area (TPSA) is 82.0 Å². The lowest BCUT2D eigenvalue weighted by molar-refractivity contribution is -0.138. The van der Waals surface area contributed by atoms with Gasteiger partial charge in [-0.15, -0.1) is 0 Å². The van der Waals surface area contributed by atoms with Crippen molar-refractivity contribution < 1.29 is 14.7 Å². The van der Waals surface area contributed by atoms with Crippen LogP contribution in [0.2, 0.25) is 0 Å². The second kappa shape index (κ2) is 13.2. The number of nitrogens with zero attached hydrogens (tertiary/aromatic N) is 2. The number of aliphatic imine (C=N–C) groups is 1. The Morgan fingerprint density at radius 1 is 0.902 bits per heavy atom. The Morgan fingerprint density at radius 2 is 1.56 bits per heavy atom. The fourth-order valence-corrected chi connectivity index (χ4v) is 5.43. The van der Waals surface area contributed by atoms with Crippen LogP contribution in [0.3, 0.4) is 0 Å². The molecule has 0 aliphatic carbocycles. The lowest BCUT2D eigenvalue weighted by atomic mass is 9.98. The number of carboxylic acid groups (broad SMARTS) is 1. The standard InChI is InChI=1S/C35H35N3O3/c1-25-13-8-9-18-28(25)23-31(35(40)41)36-33(27-16-6-3-7-17-27)29-19-10-11-20-30(29)37-34(39)32-21-12-22-38(32)24-26-14-4-2-5-15-26/h2-11,13-20,31-32H,12,21-24H2,1H3,(H,37,39)(H,40,41)/t31-,32-/m0/s1. The minimum Gasteiger partial charge on any atom is -0.480 e. The molecule has 0 unspecified atom stereocenters. The van der Waals surface area contributed by atoms with E-state index in [0.29, 0.717) is 17.0 Å². The van der Waals surface area contributed by atoms with Crippen LogP contribution in [0, 0.1) is 6.92 Å². The van der Waals surface area contributed by atoms with Gasteiger partial charge in [0, 0.05) is 24.1 Å². The van der Waals surface area contributed by atoms with Crippen molar-refractivity contribution in [2.45, 2.75) is 44.8 Å². The summed E-state index contributed by atoms with van der Waals surface area (Å²) in [6, 6.07) is 33.8. The lowest BCUT2D eigenvalue weighted by Gasteiger charge is -2.24. The van der Waals surface area contributed by atoms with Crippen LogP contribution in [-0.2, 0) is 22.6 Å². The predicted molar refractivity (Wildman–Crippen MR) is 163 cm³/mol. The molecule has 1 amide bonds. The zero-order valence-corrected chi connectivity index (χ0v) is 23.2. The highest BCUT2D eigenvalue weighted by molar-refractivity contribution is 6.17. The molecule has 0 radical (unpaired) electrons. The summed E-state index contributed by atoms with van der Waals surface area (Å²) in [5, 5.41) is 13.4. The van der Waals surface area contributed by atoms with Crippen molar-refractivity contribution in [2.24, 2.45) is 4.99 Å². The number of carbonyl (C=O) groups is 2. The Morgan fingerprint density at radius 3 is 2.29 bits per heavy atom. The van der Waals surface area contributed by atoms with Gasteiger partial charge < -0.3 is 10.4 Å². The zero-order chi connectivity index (χ0) is 28.6. The molecule has 6 nitrogen and oxygen atoms in total. The molecule has 2 atom stereocenters. The fourth-order valence-electron chi connectivity index (χ4n) is 5.43. The van der Waals surface area contributed by atoms with Crippen molar-refractivity contribution in [1.82, 2.24) is 4.90 Å². The lowest BCUT2D eigenvalue weighted by Crippen LogP contribution is -2.39. The molecule has 0 spiro atoms. The maximum absolute atomic E-state index is 13.6. The van der Waals surface area contributed by atoms with Gasteiger partial charge in [-0.25, -0.2) is 4.79 Å². The number of carboxylic acids is 1. The average Bonchev–Trinajstić information content (AvgIpc) is 3.46. The molecule has 2 N–H and O–H groups in total. The van der Waals surface area contributed by atoms with Gasteiger partial charge in [-0.05, 0) is 49.1 Å². The number of hydrogen-bond acceptors (Lipinski definition) is 4. The Bertz CT molecular complexity index is 1520. The van der Waals surface area contributed by atoms with E-state index >= 15 is 0 Å². The predicted octanol–water partition coefficient (Wildman–Crippen LogP) is 6.13. The van der Waals surface area contributed by atoms with E-state index < -0.39 is 12.0 Å². The summed E-state index contributed by atoms with van der Waals surface area (Å²) >= 11 is 0. The third kappa shape index (κ3) is 6.97. The number of para-hydroxylation sites is 1. The van der Waals surface area contributed by atoms with Crippen LogP contribution in [0.25, 0.3) is 0 Å². The number of rotatable bonds is 10. The third-order valence-electron chi connectivity index (χ3n) is 7.63. The van der Waals surface area contributed by atoms with Gasteiger partial charge in [0.1, 0.15) is 0 Å². The summed E-state index contributed by atoms with van der Waals surface area (Å²) in [6.45, 7) is 3.56. The molecule has 1 fully saturated rings. The number of nitrogens with one attached hydrogen (secondary N) is 1. The van der Waals surface area contributed by atoms with Crippen molar-refractivity contribution in [2.75, 3.05) is 11.9 Å². The summed E-state index contributed by atoms with van der Waals surface area (Å²) in [6.07, 6.45) is 2.02. The van der Waals surface area contributed by atoms with E-state index in [1.807, 2.05) is 104 Å². The maximum Gasteiger partial charge on any atom is 0.328 e. The molecule has 6 heteroatoms. The number of aryl methyl sites for hydroxylation is 1. The minimum atomic E-state index is -0.995. The third-order valence-corrected chi connectivity index (χ3v) is 7.63. The molecule has 1 saturated heterocycles. The summed E-state index contributed by atoms with van der Waals surface area (Å²) in [7, 11) is 0. The zero-order valence-electron chi connectivity index (χ0n) is 23.2. The van der Waals surface area contributed by atoms with E-state index in [4.69, 9.17) is 4.99 Å². The first-order valence-electron chi connectivity index (χ1n) is 14.1. The number of aliphatic carboxylic acids is 1. The van der Waals surface area contributed by atoms with Gasteiger partial charge in [-0.1, -0.05) is 103 Å². The Balaban J connectivity index is 1.46. The van der Waals surface area contributed by atoms with Crippen molar-refractivity contribution in [3.63, 3.8) is 0 Å². The Labute approximate surface area is 241 Å². The summed E-state index contributed by atoms with van der Waals surface area (Å²) in [4.78, 5) is 33.2. The number of hydrogen-bond donors (Lipinski definition) is 2. The monoisotopic (exact) mass is 545 g/mol. The van der Waals surface area contributed by atoms with Gasteiger partial charge in [-0.2, -0.15) is 0 Å². The molecule has 4 aromatic rings. The number of amides is 1. The van der Waals surface area contributed by atoms with Gasteiger partial charge in [-0.3, -0.25) is 14.7 Å².